The Morgan fingerprint density at radius 1 is 0.481 bits per heavy atom. The molecule has 6 rings (SSSR count). The molecule has 4 aromatic carbocycles. The average Bonchev–Trinajstić information content (AvgIpc) is 3.09. The van der Waals surface area contributed by atoms with Gasteiger partial charge >= 0.3 is 0 Å². The first-order valence-electron chi connectivity index (χ1n) is 18.2. The molecule has 2 heterocycles. The van der Waals surface area contributed by atoms with Gasteiger partial charge in [-0.1, -0.05) is 117 Å². The summed E-state index contributed by atoms with van der Waals surface area (Å²) in [5.74, 6) is 1.14. The third-order valence-corrected chi connectivity index (χ3v) is 14.5. The van der Waals surface area contributed by atoms with Crippen LogP contribution in [0.3, 0.4) is 0 Å². The molecular weight excluding hydrogens is 706 g/mol. The highest BCUT2D eigenvalue weighted by molar-refractivity contribution is 7.80. The molecule has 0 saturated carbocycles. The van der Waals surface area contributed by atoms with Crippen molar-refractivity contribution in [3.8, 4) is 11.8 Å². The number of aryl methyl sites for hydroxylation is 8. The minimum Gasteiger partial charge on any atom is -0.481 e. The second kappa shape index (κ2) is 16.6. The highest BCUT2D eigenvalue weighted by Gasteiger charge is 2.41. The third-order valence-electron chi connectivity index (χ3n) is 9.63. The molecule has 8 heteroatoms. The zero-order valence-corrected chi connectivity index (χ0v) is 35.4. The number of nitrogens with zero attached hydrogens (tertiary/aromatic N) is 2. The summed E-state index contributed by atoms with van der Waals surface area (Å²) in [5, 5.41) is 7.24. The fourth-order valence-electron chi connectivity index (χ4n) is 7.82. The van der Waals surface area contributed by atoms with Crippen molar-refractivity contribution in [2.24, 2.45) is 4.99 Å². The Labute approximate surface area is 324 Å². The van der Waals surface area contributed by atoms with E-state index in [2.05, 4.69) is 140 Å². The molecule has 54 heavy (non-hydrogen) atoms. The lowest BCUT2D eigenvalue weighted by Crippen LogP contribution is -2.34. The normalized spacial score (nSPS) is 15.7. The zero-order valence-electron chi connectivity index (χ0n) is 33.7. The molecule has 2 unspecified atom stereocenters. The van der Waals surface area contributed by atoms with E-state index in [4.69, 9.17) is 28.9 Å². The standard InChI is InChI=1S/C46H52N2O4P2/c1-27-13-28(2)18-35(17-27)53(36-19-29(3)14-30(4)20-36)39-25-41(49-9)47-45(51-11)43(39)44-40(26-42(50-10)48-46(44)52-12)54(37-21-31(5)15-32(6)22-37)38-23-33(7)16-34(8)24-38/h13-26,43,45H,1-12H3. The SMILES string of the molecule is COC1=NC(OC)C(c2c(P(c3cc(C)cc(C)c3)c3cc(C)cc(C)c3)cc(OC)nc2OC)C(P(c2cc(C)cc(C)c2)c2cc(C)cc(C)c2)=C1. The van der Waals surface area contributed by atoms with Crippen LogP contribution < -0.4 is 36.0 Å². The Hall–Kier alpha value is -4.34. The van der Waals surface area contributed by atoms with E-state index in [1.165, 1.54) is 65.7 Å². The van der Waals surface area contributed by atoms with Crippen LogP contribution in [0, 0.1) is 55.4 Å². The number of hydrogen-bond acceptors (Lipinski definition) is 6. The van der Waals surface area contributed by atoms with Crippen LogP contribution in [-0.2, 0) is 9.47 Å². The topological polar surface area (TPSA) is 62.2 Å². The Kier molecular flexibility index (Phi) is 12.1. The van der Waals surface area contributed by atoms with Gasteiger partial charge in [0.25, 0.3) is 0 Å². The van der Waals surface area contributed by atoms with E-state index in [9.17, 15) is 0 Å². The number of aliphatic imine (C=N–C) groups is 1. The molecule has 0 fully saturated rings. The maximum absolute atomic E-state index is 6.41. The quantitative estimate of drug-likeness (QED) is 0.134. The minimum atomic E-state index is -1.16. The summed E-state index contributed by atoms with van der Waals surface area (Å²) in [5.41, 5.74) is 10.7. The maximum atomic E-state index is 6.41. The molecule has 0 saturated heterocycles. The number of dihydropyridines is 1. The van der Waals surface area contributed by atoms with E-state index in [-0.39, 0.29) is 5.92 Å². The van der Waals surface area contributed by atoms with Gasteiger partial charge in [0.15, 0.2) is 6.23 Å². The largest absolute Gasteiger partial charge is 0.481 e. The van der Waals surface area contributed by atoms with E-state index in [0.29, 0.717) is 17.7 Å². The van der Waals surface area contributed by atoms with Gasteiger partial charge in [-0.3, -0.25) is 0 Å². The lowest BCUT2D eigenvalue weighted by atomic mass is 9.95. The molecule has 0 bridgehead atoms. The van der Waals surface area contributed by atoms with Crippen molar-refractivity contribution < 1.29 is 18.9 Å². The molecule has 5 aromatic rings. The molecule has 0 aliphatic carbocycles. The van der Waals surface area contributed by atoms with Crippen LogP contribution in [0.4, 0.5) is 0 Å². The molecule has 0 spiro atoms. The fraction of sp³-hybridized carbons (Fsp3) is 0.304. The van der Waals surface area contributed by atoms with Crippen LogP contribution in [0.25, 0.3) is 0 Å². The minimum absolute atomic E-state index is 0.383. The van der Waals surface area contributed by atoms with Crippen LogP contribution in [0.5, 0.6) is 11.8 Å². The summed E-state index contributed by atoms with van der Waals surface area (Å²) in [4.78, 5) is 10.1. The number of rotatable bonds is 10. The molecule has 2 atom stereocenters. The van der Waals surface area contributed by atoms with Gasteiger partial charge in [0.05, 0.1) is 27.2 Å². The second-order valence-electron chi connectivity index (χ2n) is 14.5. The van der Waals surface area contributed by atoms with Gasteiger partial charge in [-0.05, 0) is 103 Å². The second-order valence-corrected chi connectivity index (χ2v) is 18.9. The molecular formula is C46H52N2O4P2. The van der Waals surface area contributed by atoms with Crippen LogP contribution in [0.15, 0.2) is 95.2 Å². The number of methoxy groups -OCH3 is 4. The monoisotopic (exact) mass is 758 g/mol. The van der Waals surface area contributed by atoms with Crippen LogP contribution in [0.1, 0.15) is 56.0 Å². The van der Waals surface area contributed by atoms with Crippen LogP contribution in [-0.4, -0.2) is 45.5 Å². The Bertz CT molecular complexity index is 2080. The molecule has 0 radical (unpaired) electrons. The number of benzene rings is 4. The molecule has 1 aromatic heterocycles. The van der Waals surface area contributed by atoms with Gasteiger partial charge < -0.3 is 18.9 Å². The summed E-state index contributed by atoms with van der Waals surface area (Å²) in [6.07, 6.45) is 1.52. The Balaban J connectivity index is 1.75. The van der Waals surface area contributed by atoms with Crippen LogP contribution in [0.2, 0.25) is 0 Å². The lowest BCUT2D eigenvalue weighted by Gasteiger charge is -2.37. The molecule has 0 N–H and O–H groups in total. The predicted octanol–water partition coefficient (Wildman–Crippen LogP) is 8.46. The highest BCUT2D eigenvalue weighted by atomic mass is 31.1. The van der Waals surface area contributed by atoms with Crippen molar-refractivity contribution in [1.82, 2.24) is 4.98 Å². The first-order valence-corrected chi connectivity index (χ1v) is 20.9. The van der Waals surface area contributed by atoms with Gasteiger partial charge in [0, 0.05) is 24.8 Å². The summed E-state index contributed by atoms with van der Waals surface area (Å²) in [6, 6.07) is 29.7. The van der Waals surface area contributed by atoms with E-state index in [1.807, 2.05) is 0 Å². The van der Waals surface area contributed by atoms with Gasteiger partial charge in [0.2, 0.25) is 17.7 Å². The van der Waals surface area contributed by atoms with Crippen LogP contribution >= 0.6 is 15.8 Å². The maximum Gasteiger partial charge on any atom is 0.221 e. The number of ether oxygens (including phenoxy) is 4. The van der Waals surface area contributed by atoms with E-state index < -0.39 is 22.1 Å². The van der Waals surface area contributed by atoms with Crippen molar-refractivity contribution >= 4 is 48.3 Å². The van der Waals surface area contributed by atoms with Crippen molar-refractivity contribution in [2.75, 3.05) is 28.4 Å². The summed E-state index contributed by atoms with van der Waals surface area (Å²) < 4.78 is 24.6. The fourth-order valence-corrected chi connectivity index (χ4v) is 13.7. The van der Waals surface area contributed by atoms with Gasteiger partial charge in [-0.2, -0.15) is 4.98 Å². The molecule has 0 amide bonds. The smallest absolute Gasteiger partial charge is 0.221 e. The Morgan fingerprint density at radius 2 is 0.889 bits per heavy atom. The van der Waals surface area contributed by atoms with Crippen molar-refractivity contribution in [3.05, 3.63) is 140 Å². The number of pyridine rings is 1. The molecule has 1 aliphatic rings. The predicted molar refractivity (Wildman–Crippen MR) is 229 cm³/mol. The number of hydrogen-bond donors (Lipinski definition) is 0. The third kappa shape index (κ3) is 8.32. The zero-order chi connectivity index (χ0) is 38.8. The summed E-state index contributed by atoms with van der Waals surface area (Å²) in [6.45, 7) is 17.4. The lowest BCUT2D eigenvalue weighted by molar-refractivity contribution is 0.0930. The molecule has 280 valence electrons. The van der Waals surface area contributed by atoms with E-state index in [1.54, 1.807) is 28.4 Å². The van der Waals surface area contributed by atoms with Gasteiger partial charge in [-0.15, -0.1) is 0 Å². The first kappa shape index (κ1) is 39.4. The van der Waals surface area contributed by atoms with Crippen molar-refractivity contribution in [2.45, 2.75) is 67.5 Å². The highest BCUT2D eigenvalue weighted by Crippen LogP contribution is 2.55. The Morgan fingerprint density at radius 3 is 1.24 bits per heavy atom. The molecule has 6 nitrogen and oxygen atoms in total. The summed E-state index contributed by atoms with van der Waals surface area (Å²) >= 11 is 0. The van der Waals surface area contributed by atoms with Gasteiger partial charge in [0.1, 0.15) is 0 Å². The van der Waals surface area contributed by atoms with Crippen molar-refractivity contribution in [3.63, 3.8) is 0 Å². The van der Waals surface area contributed by atoms with E-state index in [0.717, 1.165) is 16.2 Å². The average molecular weight is 759 g/mol. The summed E-state index contributed by atoms with van der Waals surface area (Å²) in [7, 11) is 4.47. The first-order chi connectivity index (χ1) is 25.8. The number of aromatic nitrogens is 1. The molecule has 1 aliphatic heterocycles. The van der Waals surface area contributed by atoms with E-state index >= 15 is 0 Å². The van der Waals surface area contributed by atoms with Crippen molar-refractivity contribution in [1.29, 1.82) is 0 Å². The van der Waals surface area contributed by atoms with Gasteiger partial charge in [-0.25, -0.2) is 4.99 Å².